The molecule has 0 unspecified atom stereocenters. The lowest BCUT2D eigenvalue weighted by Crippen LogP contribution is -1.90. The van der Waals surface area contributed by atoms with Crippen molar-refractivity contribution in [2.75, 3.05) is 0 Å². The van der Waals surface area contributed by atoms with Gasteiger partial charge in [-0.3, -0.25) is 0 Å². The van der Waals surface area contributed by atoms with Crippen LogP contribution in [-0.2, 0) is 6.42 Å². The summed E-state index contributed by atoms with van der Waals surface area (Å²) in [5, 5.41) is 0. The van der Waals surface area contributed by atoms with E-state index >= 15 is 0 Å². The summed E-state index contributed by atoms with van der Waals surface area (Å²) < 4.78 is 0. The Hall–Kier alpha value is -2.40. The number of rotatable bonds is 3. The molecule has 2 aromatic rings. The van der Waals surface area contributed by atoms with Crippen molar-refractivity contribution < 1.29 is 4.79 Å². The number of carbonyl (C=O) groups excluding carboxylic acids is 1. The second-order valence-corrected chi connectivity index (χ2v) is 3.93. The molecule has 0 aliphatic rings. The Balaban J connectivity index is 1.88. The van der Waals surface area contributed by atoms with Gasteiger partial charge in [-0.25, -0.2) is 0 Å². The normalized spacial score (nSPS) is 9.33. The van der Waals surface area contributed by atoms with Gasteiger partial charge >= 0.3 is 5.91 Å². The Bertz CT molecular complexity index is 564. The van der Waals surface area contributed by atoms with E-state index in [0.717, 1.165) is 6.42 Å². The van der Waals surface area contributed by atoms with E-state index in [1.807, 2.05) is 36.4 Å². The topological polar surface area (TPSA) is 21.4 Å². The summed E-state index contributed by atoms with van der Waals surface area (Å²) in [7, 11) is 0. The maximum atomic E-state index is 11.6. The summed E-state index contributed by atoms with van der Waals surface area (Å²) in [5.74, 6) is -0.233. The molecule has 1 amide bonds. The first-order chi connectivity index (χ1) is 8.86. The van der Waals surface area contributed by atoms with Gasteiger partial charge in [0.1, 0.15) is 5.56 Å². The molecule has 0 aromatic heterocycles. The third kappa shape index (κ3) is 3.57. The number of hydrogen-bond donors (Lipinski definition) is 0. The van der Waals surface area contributed by atoms with E-state index in [-0.39, 0.29) is 5.91 Å². The first-order valence-corrected chi connectivity index (χ1v) is 5.93. The molecule has 0 fully saturated rings. The van der Waals surface area contributed by atoms with Crippen LogP contribution in [0.1, 0.15) is 22.3 Å². The van der Waals surface area contributed by atoms with E-state index in [4.69, 9.17) is 0 Å². The molecule has 2 aromatic carbocycles. The zero-order valence-corrected chi connectivity index (χ0v) is 10.0. The minimum atomic E-state index is -0.233. The predicted octanol–water partition coefficient (Wildman–Crippen LogP) is 3.79. The zero-order chi connectivity index (χ0) is 12.6. The van der Waals surface area contributed by atoms with Crippen molar-refractivity contribution >= 4 is 5.91 Å². The third-order valence-corrected chi connectivity index (χ3v) is 2.57. The maximum absolute atomic E-state index is 11.6. The van der Waals surface area contributed by atoms with Crippen LogP contribution < -0.4 is 0 Å². The number of aryl methyl sites for hydroxylation is 1. The Morgan fingerprint density at radius 3 is 2.22 bits per heavy atom. The Morgan fingerprint density at radius 1 is 0.944 bits per heavy atom. The number of amides is 1. The van der Waals surface area contributed by atoms with Crippen molar-refractivity contribution in [2.24, 2.45) is 0 Å². The van der Waals surface area contributed by atoms with Crippen molar-refractivity contribution in [3.05, 3.63) is 76.6 Å². The van der Waals surface area contributed by atoms with Gasteiger partial charge in [0, 0.05) is 4.85 Å². The molecule has 0 saturated carbocycles. The molecule has 2 heteroatoms. The smallest absolute Gasteiger partial charge is 0.196 e. The lowest BCUT2D eigenvalue weighted by molar-refractivity contribution is 0.104. The van der Waals surface area contributed by atoms with Gasteiger partial charge in [0.15, 0.2) is 0 Å². The van der Waals surface area contributed by atoms with E-state index in [1.54, 1.807) is 12.1 Å². The van der Waals surface area contributed by atoms with Gasteiger partial charge in [0.25, 0.3) is 6.07 Å². The monoisotopic (exact) mass is 236 g/mol. The highest BCUT2D eigenvalue weighted by Crippen LogP contribution is 2.03. The molecule has 0 atom stereocenters. The number of hydrogen-bond acceptors (Lipinski definition) is 1. The first-order valence-electron chi connectivity index (χ1n) is 5.93. The molecule has 2 rings (SSSR count). The van der Waals surface area contributed by atoms with Crippen molar-refractivity contribution in [2.45, 2.75) is 12.8 Å². The number of nitrogens with zero attached hydrogens (tertiary/aromatic N) is 1. The van der Waals surface area contributed by atoms with Gasteiger partial charge in [0.2, 0.25) is 0 Å². The highest BCUT2D eigenvalue weighted by atomic mass is 16.1. The van der Waals surface area contributed by atoms with Gasteiger partial charge in [-0.1, -0.05) is 48.5 Å². The quantitative estimate of drug-likeness (QED) is 0.794. The Kier molecular flexibility index (Phi) is 4.27. The summed E-state index contributed by atoms with van der Waals surface area (Å²) in [6, 6.07) is 21.9. The minimum absolute atomic E-state index is 0.233. The highest BCUT2D eigenvalue weighted by Gasteiger charge is 2.13. The van der Waals surface area contributed by atoms with Crippen LogP contribution in [0.3, 0.4) is 0 Å². The van der Waals surface area contributed by atoms with E-state index in [2.05, 4.69) is 23.0 Å². The maximum Gasteiger partial charge on any atom is 0.547 e. The van der Waals surface area contributed by atoms with Crippen molar-refractivity contribution in [1.29, 1.82) is 0 Å². The van der Waals surface area contributed by atoms with Crippen LogP contribution in [0.4, 0.5) is 0 Å². The van der Waals surface area contributed by atoms with Gasteiger partial charge < -0.3 is 0 Å². The molecular formula is C16H14NO+. The summed E-state index contributed by atoms with van der Waals surface area (Å²) >= 11 is 0. The van der Waals surface area contributed by atoms with Gasteiger partial charge in [-0.15, -0.1) is 0 Å². The predicted molar refractivity (Wildman–Crippen MR) is 72.8 cm³/mol. The third-order valence-electron chi connectivity index (χ3n) is 2.57. The summed E-state index contributed by atoms with van der Waals surface area (Å²) in [5.41, 5.74) is 1.83. The Morgan fingerprint density at radius 2 is 1.56 bits per heavy atom. The highest BCUT2D eigenvalue weighted by molar-refractivity contribution is 6.02. The molecule has 0 heterocycles. The lowest BCUT2D eigenvalue weighted by atomic mass is 10.1. The average Bonchev–Trinajstić information content (AvgIpc) is 2.45. The second-order valence-electron chi connectivity index (χ2n) is 3.93. The lowest BCUT2D eigenvalue weighted by Gasteiger charge is -1.91. The van der Waals surface area contributed by atoms with Crippen molar-refractivity contribution in [1.82, 2.24) is 0 Å². The zero-order valence-electron chi connectivity index (χ0n) is 10.0. The summed E-state index contributed by atoms with van der Waals surface area (Å²) in [4.78, 5) is 15.4. The van der Waals surface area contributed by atoms with E-state index < -0.39 is 0 Å². The minimum Gasteiger partial charge on any atom is -0.196 e. The second kappa shape index (κ2) is 6.36. The van der Waals surface area contributed by atoms with Crippen molar-refractivity contribution in [3.63, 3.8) is 0 Å². The first kappa shape index (κ1) is 12.1. The van der Waals surface area contributed by atoms with Gasteiger partial charge in [-0.05, 0) is 24.1 Å². The fourth-order valence-electron chi connectivity index (χ4n) is 1.62. The molecule has 88 valence electrons. The van der Waals surface area contributed by atoms with Crippen LogP contribution >= 0.6 is 0 Å². The standard InChI is InChI=1S/C16H14NO/c18-16(15-11-5-2-6-12-15)17-13-7-10-14-8-3-1-4-9-14/h1-6,8-9,11-12H,7,10H2/q+1. The molecule has 0 N–H and O–H groups in total. The van der Waals surface area contributed by atoms with Crippen LogP contribution in [-0.4, -0.2) is 5.91 Å². The molecule has 0 spiro atoms. The molecule has 18 heavy (non-hydrogen) atoms. The molecule has 0 radical (unpaired) electrons. The molecule has 0 aliphatic carbocycles. The van der Waals surface area contributed by atoms with Crippen LogP contribution in [0, 0.1) is 6.07 Å². The van der Waals surface area contributed by atoms with Crippen LogP contribution in [0.15, 0.2) is 60.7 Å². The number of carbonyl (C=O) groups is 1. The van der Waals surface area contributed by atoms with Gasteiger partial charge in [0.05, 0.1) is 6.42 Å². The SMILES string of the molecule is O=C([N+]#CCCc1ccccc1)c1ccccc1. The van der Waals surface area contributed by atoms with E-state index in [9.17, 15) is 4.79 Å². The molecular weight excluding hydrogens is 222 g/mol. The van der Waals surface area contributed by atoms with Crippen LogP contribution in [0.5, 0.6) is 0 Å². The van der Waals surface area contributed by atoms with Crippen LogP contribution in [0.2, 0.25) is 0 Å². The largest absolute Gasteiger partial charge is 0.547 e. The van der Waals surface area contributed by atoms with Gasteiger partial charge in [-0.2, -0.15) is 4.79 Å². The molecule has 0 saturated heterocycles. The number of benzene rings is 2. The molecule has 2 nitrogen and oxygen atoms in total. The fraction of sp³-hybridized carbons (Fsp3) is 0.125. The fourth-order valence-corrected chi connectivity index (χ4v) is 1.62. The van der Waals surface area contributed by atoms with E-state index in [0.29, 0.717) is 12.0 Å². The van der Waals surface area contributed by atoms with Crippen LogP contribution in [0.25, 0.3) is 4.85 Å². The Labute approximate surface area is 107 Å². The van der Waals surface area contributed by atoms with Crippen molar-refractivity contribution in [3.8, 4) is 6.07 Å². The van der Waals surface area contributed by atoms with E-state index in [1.165, 1.54) is 5.56 Å². The summed E-state index contributed by atoms with van der Waals surface area (Å²) in [6.07, 6.45) is 1.51. The molecule has 0 aliphatic heterocycles. The summed E-state index contributed by atoms with van der Waals surface area (Å²) in [6.45, 7) is 0. The molecule has 0 bridgehead atoms. The average molecular weight is 236 g/mol.